The number of rotatable bonds is 7. The first-order valence-electron chi connectivity index (χ1n) is 9.86. The third-order valence-corrected chi connectivity index (χ3v) is 5.07. The Hall–Kier alpha value is -3.56. The molecule has 3 rings (SSSR count). The molecule has 0 aliphatic carbocycles. The van der Waals surface area contributed by atoms with E-state index in [-0.39, 0.29) is 12.5 Å². The zero-order chi connectivity index (χ0) is 22.4. The van der Waals surface area contributed by atoms with Gasteiger partial charge in [-0.25, -0.2) is 9.97 Å². The summed E-state index contributed by atoms with van der Waals surface area (Å²) < 4.78 is 15.8. The lowest BCUT2D eigenvalue weighted by Gasteiger charge is -2.35. The molecule has 1 aliphatic heterocycles. The van der Waals surface area contributed by atoms with Gasteiger partial charge < -0.3 is 29.3 Å². The number of piperazine rings is 1. The van der Waals surface area contributed by atoms with Gasteiger partial charge in [0.2, 0.25) is 11.7 Å². The third-order valence-electron chi connectivity index (χ3n) is 5.07. The minimum absolute atomic E-state index is 0.0951. The Balaban J connectivity index is 1.56. The van der Waals surface area contributed by atoms with Gasteiger partial charge in [-0.15, -0.1) is 0 Å². The lowest BCUT2D eigenvalue weighted by molar-refractivity contribution is -0.130. The average Bonchev–Trinajstić information content (AvgIpc) is 2.81. The van der Waals surface area contributed by atoms with Crippen molar-refractivity contribution in [1.82, 2.24) is 20.2 Å². The number of carbonyl (C=O) groups excluding carboxylic acids is 2. The van der Waals surface area contributed by atoms with E-state index < -0.39 is 5.91 Å². The number of aromatic nitrogens is 2. The molecule has 1 N–H and O–H groups in total. The molecule has 1 saturated heterocycles. The van der Waals surface area contributed by atoms with Gasteiger partial charge in [0.1, 0.15) is 12.1 Å². The topological polar surface area (TPSA) is 106 Å². The third kappa shape index (κ3) is 5.14. The summed E-state index contributed by atoms with van der Waals surface area (Å²) in [7, 11) is 4.44. The number of nitrogens with one attached hydrogen (secondary N) is 1. The van der Waals surface area contributed by atoms with Gasteiger partial charge in [-0.1, -0.05) is 0 Å². The molecule has 0 saturated carbocycles. The highest BCUT2D eigenvalue weighted by Crippen LogP contribution is 2.38. The second-order valence-corrected chi connectivity index (χ2v) is 6.98. The van der Waals surface area contributed by atoms with E-state index in [1.54, 1.807) is 23.4 Å². The quantitative estimate of drug-likeness (QED) is 0.692. The van der Waals surface area contributed by atoms with Gasteiger partial charge in [-0.05, 0) is 19.1 Å². The monoisotopic (exact) mass is 429 g/mol. The highest BCUT2D eigenvalue weighted by atomic mass is 16.5. The Morgan fingerprint density at radius 2 is 1.61 bits per heavy atom. The van der Waals surface area contributed by atoms with Crippen molar-refractivity contribution in [1.29, 1.82) is 0 Å². The SMILES string of the molecule is COc1cc(C(=O)NCC(=O)N2CCN(c3cc(C)ncn3)CC2)cc(OC)c1OC. The second-order valence-electron chi connectivity index (χ2n) is 6.98. The van der Waals surface area contributed by atoms with Crippen LogP contribution in [0.25, 0.3) is 0 Å². The highest BCUT2D eigenvalue weighted by molar-refractivity contribution is 5.97. The van der Waals surface area contributed by atoms with Crippen LogP contribution < -0.4 is 24.4 Å². The number of anilines is 1. The summed E-state index contributed by atoms with van der Waals surface area (Å²) in [5.41, 5.74) is 1.21. The van der Waals surface area contributed by atoms with Crippen LogP contribution in [0.5, 0.6) is 17.2 Å². The Morgan fingerprint density at radius 1 is 0.968 bits per heavy atom. The van der Waals surface area contributed by atoms with Crippen LogP contribution in [0.2, 0.25) is 0 Å². The highest BCUT2D eigenvalue weighted by Gasteiger charge is 2.23. The van der Waals surface area contributed by atoms with Crippen LogP contribution in [-0.4, -0.2) is 80.7 Å². The molecule has 2 amide bonds. The van der Waals surface area contributed by atoms with Crippen LogP contribution in [-0.2, 0) is 4.79 Å². The molecule has 0 radical (unpaired) electrons. The number of hydrogen-bond donors (Lipinski definition) is 1. The Labute approximate surface area is 181 Å². The molecule has 2 aromatic rings. The van der Waals surface area contributed by atoms with Crippen LogP contribution in [0.1, 0.15) is 16.1 Å². The predicted octanol–water partition coefficient (Wildman–Crippen LogP) is 0.889. The van der Waals surface area contributed by atoms with Gasteiger partial charge >= 0.3 is 0 Å². The van der Waals surface area contributed by atoms with Crippen molar-refractivity contribution in [3.63, 3.8) is 0 Å². The van der Waals surface area contributed by atoms with Crippen LogP contribution in [0.4, 0.5) is 5.82 Å². The average molecular weight is 429 g/mol. The smallest absolute Gasteiger partial charge is 0.251 e. The molecule has 10 heteroatoms. The number of ether oxygens (including phenoxy) is 3. The largest absolute Gasteiger partial charge is 0.493 e. The van der Waals surface area contributed by atoms with Crippen LogP contribution >= 0.6 is 0 Å². The van der Waals surface area contributed by atoms with Crippen molar-refractivity contribution < 1.29 is 23.8 Å². The second kappa shape index (κ2) is 9.96. The van der Waals surface area contributed by atoms with E-state index in [1.807, 2.05) is 13.0 Å². The number of aryl methyl sites for hydroxylation is 1. The fourth-order valence-corrected chi connectivity index (χ4v) is 3.38. The number of hydrogen-bond acceptors (Lipinski definition) is 8. The van der Waals surface area contributed by atoms with E-state index in [2.05, 4.69) is 20.2 Å². The number of nitrogens with zero attached hydrogens (tertiary/aromatic N) is 4. The fraction of sp³-hybridized carbons (Fsp3) is 0.429. The van der Waals surface area contributed by atoms with Crippen molar-refractivity contribution in [3.8, 4) is 17.2 Å². The predicted molar refractivity (Wildman–Crippen MR) is 114 cm³/mol. The Kier molecular flexibility index (Phi) is 7.11. The summed E-state index contributed by atoms with van der Waals surface area (Å²) in [6.07, 6.45) is 1.54. The first-order chi connectivity index (χ1) is 15.0. The number of benzene rings is 1. The van der Waals surface area contributed by atoms with E-state index in [4.69, 9.17) is 14.2 Å². The molecule has 0 spiro atoms. The minimum atomic E-state index is -0.400. The zero-order valence-electron chi connectivity index (χ0n) is 18.2. The number of methoxy groups -OCH3 is 3. The van der Waals surface area contributed by atoms with Gasteiger partial charge in [0.05, 0.1) is 27.9 Å². The summed E-state index contributed by atoms with van der Waals surface area (Å²) in [5, 5.41) is 2.67. The van der Waals surface area contributed by atoms with Crippen molar-refractivity contribution in [3.05, 3.63) is 35.8 Å². The summed E-state index contributed by atoms with van der Waals surface area (Å²) in [6.45, 7) is 4.28. The maximum atomic E-state index is 12.6. The molecule has 0 atom stereocenters. The number of amides is 2. The van der Waals surface area contributed by atoms with Crippen molar-refractivity contribution >= 4 is 17.6 Å². The molecule has 1 aromatic carbocycles. The lowest BCUT2D eigenvalue weighted by atomic mass is 10.1. The molecule has 0 unspecified atom stereocenters. The van der Waals surface area contributed by atoms with Crippen LogP contribution in [0.15, 0.2) is 24.5 Å². The molecule has 1 aromatic heterocycles. The van der Waals surface area contributed by atoms with Gasteiger partial charge in [-0.2, -0.15) is 0 Å². The first kappa shape index (κ1) is 22.1. The van der Waals surface area contributed by atoms with Crippen LogP contribution in [0.3, 0.4) is 0 Å². The van der Waals surface area contributed by atoms with Gasteiger partial charge in [0.15, 0.2) is 11.5 Å². The van der Waals surface area contributed by atoms with Crippen molar-refractivity contribution in [2.75, 3.05) is 59.0 Å². The molecule has 31 heavy (non-hydrogen) atoms. The summed E-state index contributed by atoms with van der Waals surface area (Å²) in [4.78, 5) is 37.4. The van der Waals surface area contributed by atoms with E-state index in [1.165, 1.54) is 21.3 Å². The van der Waals surface area contributed by atoms with Gasteiger partial charge in [0.25, 0.3) is 5.91 Å². The standard InChI is InChI=1S/C21H27N5O5/c1-14-9-18(24-13-23-14)25-5-7-26(8-6-25)19(27)12-22-21(28)15-10-16(29-2)20(31-4)17(11-15)30-3/h9-11,13H,5-8,12H2,1-4H3,(H,22,28). The maximum Gasteiger partial charge on any atom is 0.251 e. The van der Waals surface area contributed by atoms with E-state index in [0.29, 0.717) is 49.0 Å². The number of carbonyl (C=O) groups is 2. The minimum Gasteiger partial charge on any atom is -0.493 e. The van der Waals surface area contributed by atoms with Crippen LogP contribution in [0, 0.1) is 6.92 Å². The molecular formula is C21H27N5O5. The molecule has 1 fully saturated rings. The summed E-state index contributed by atoms with van der Waals surface area (Å²) in [6, 6.07) is 5.02. The Morgan fingerprint density at radius 3 is 2.16 bits per heavy atom. The molecule has 166 valence electrons. The summed E-state index contributed by atoms with van der Waals surface area (Å²) in [5.74, 6) is 1.45. The summed E-state index contributed by atoms with van der Waals surface area (Å²) >= 11 is 0. The molecule has 1 aliphatic rings. The molecular weight excluding hydrogens is 402 g/mol. The molecule has 0 bridgehead atoms. The fourth-order valence-electron chi connectivity index (χ4n) is 3.38. The normalized spacial score (nSPS) is 13.5. The maximum absolute atomic E-state index is 12.6. The van der Waals surface area contributed by atoms with Crippen molar-refractivity contribution in [2.24, 2.45) is 0 Å². The molecule has 10 nitrogen and oxygen atoms in total. The first-order valence-corrected chi connectivity index (χ1v) is 9.86. The van der Waals surface area contributed by atoms with Gasteiger partial charge in [-0.3, -0.25) is 9.59 Å². The Bertz CT molecular complexity index is 919. The van der Waals surface area contributed by atoms with E-state index in [0.717, 1.165) is 11.5 Å². The van der Waals surface area contributed by atoms with E-state index >= 15 is 0 Å². The van der Waals surface area contributed by atoms with E-state index in [9.17, 15) is 9.59 Å². The molecule has 2 heterocycles. The van der Waals surface area contributed by atoms with Crippen molar-refractivity contribution in [2.45, 2.75) is 6.92 Å². The zero-order valence-corrected chi connectivity index (χ0v) is 18.2. The van der Waals surface area contributed by atoms with Gasteiger partial charge in [0, 0.05) is 43.5 Å². The lowest BCUT2D eigenvalue weighted by Crippen LogP contribution is -2.51.